The fourth-order valence-electron chi connectivity index (χ4n) is 2.05. The zero-order valence-electron chi connectivity index (χ0n) is 12.0. The molecular formula is C15H11FIN5O. The fraction of sp³-hybridized carbons (Fsp3) is 0.0667. The van der Waals surface area contributed by atoms with Gasteiger partial charge in [-0.15, -0.1) is 5.10 Å². The number of hydrogen-bond acceptors (Lipinski definition) is 4. The molecule has 0 saturated heterocycles. The summed E-state index contributed by atoms with van der Waals surface area (Å²) in [6.07, 6.45) is 0. The lowest BCUT2D eigenvalue weighted by Crippen LogP contribution is -2.14. The number of carbonyl (C=O) groups excluding carboxylic acids is 1. The van der Waals surface area contributed by atoms with Crippen LogP contribution in [0, 0.1) is 16.3 Å². The molecular weight excluding hydrogens is 412 g/mol. The zero-order chi connectivity index (χ0) is 16.4. The second-order valence-electron chi connectivity index (χ2n) is 4.74. The first-order valence-electron chi connectivity index (χ1n) is 6.67. The summed E-state index contributed by atoms with van der Waals surface area (Å²) in [6.45, 7) is 1.66. The van der Waals surface area contributed by atoms with Crippen molar-refractivity contribution in [1.82, 2.24) is 20.2 Å². The largest absolute Gasteiger partial charge is 0.322 e. The van der Waals surface area contributed by atoms with E-state index in [4.69, 9.17) is 0 Å². The van der Waals surface area contributed by atoms with Crippen LogP contribution in [-0.4, -0.2) is 26.1 Å². The van der Waals surface area contributed by atoms with E-state index in [1.54, 1.807) is 19.1 Å². The van der Waals surface area contributed by atoms with Crippen molar-refractivity contribution in [3.8, 4) is 5.69 Å². The van der Waals surface area contributed by atoms with Crippen LogP contribution >= 0.6 is 22.6 Å². The van der Waals surface area contributed by atoms with Crippen LogP contribution in [0.25, 0.3) is 5.69 Å². The molecule has 0 aliphatic carbocycles. The van der Waals surface area contributed by atoms with Crippen LogP contribution < -0.4 is 5.32 Å². The van der Waals surface area contributed by atoms with E-state index in [9.17, 15) is 9.18 Å². The Bertz CT molecular complexity index is 880. The van der Waals surface area contributed by atoms with Gasteiger partial charge in [-0.3, -0.25) is 4.79 Å². The number of tetrazole rings is 1. The number of rotatable bonds is 3. The minimum absolute atomic E-state index is 0.174. The summed E-state index contributed by atoms with van der Waals surface area (Å²) in [6, 6.07) is 11.5. The van der Waals surface area contributed by atoms with E-state index in [1.165, 1.54) is 22.9 Å². The number of hydrogen-bond donors (Lipinski definition) is 1. The Morgan fingerprint density at radius 2 is 2.04 bits per heavy atom. The lowest BCUT2D eigenvalue weighted by atomic mass is 10.2. The third-order valence-corrected chi connectivity index (χ3v) is 4.12. The van der Waals surface area contributed by atoms with E-state index in [0.29, 0.717) is 17.1 Å². The molecule has 0 spiro atoms. The Labute approximate surface area is 144 Å². The third kappa shape index (κ3) is 3.21. The van der Waals surface area contributed by atoms with Crippen LogP contribution in [0.2, 0.25) is 0 Å². The van der Waals surface area contributed by atoms with Crippen molar-refractivity contribution in [1.29, 1.82) is 0 Å². The zero-order valence-corrected chi connectivity index (χ0v) is 14.2. The van der Waals surface area contributed by atoms with Crippen molar-refractivity contribution in [2.45, 2.75) is 6.92 Å². The normalized spacial score (nSPS) is 10.6. The number of halogens is 2. The van der Waals surface area contributed by atoms with Gasteiger partial charge in [0.1, 0.15) is 11.5 Å². The van der Waals surface area contributed by atoms with Gasteiger partial charge in [0, 0.05) is 9.26 Å². The summed E-state index contributed by atoms with van der Waals surface area (Å²) in [5.74, 6) is -0.293. The number of benzene rings is 2. The lowest BCUT2D eigenvalue weighted by Gasteiger charge is -2.09. The Hall–Kier alpha value is -2.36. The molecule has 1 heterocycles. The first-order chi connectivity index (χ1) is 11.1. The summed E-state index contributed by atoms with van der Waals surface area (Å²) >= 11 is 2.09. The molecule has 6 nitrogen and oxygen atoms in total. The number of anilines is 1. The molecule has 0 atom stereocenters. The number of nitrogens with zero attached hydrogens (tertiary/aromatic N) is 4. The van der Waals surface area contributed by atoms with Crippen molar-refractivity contribution >= 4 is 34.2 Å². The van der Waals surface area contributed by atoms with Crippen molar-refractivity contribution in [3.63, 3.8) is 0 Å². The maximum atomic E-state index is 14.0. The number of carbonyl (C=O) groups is 1. The molecule has 1 aromatic heterocycles. The summed E-state index contributed by atoms with van der Waals surface area (Å²) in [5.41, 5.74) is 1.19. The molecule has 23 heavy (non-hydrogen) atoms. The molecule has 1 amide bonds. The van der Waals surface area contributed by atoms with Gasteiger partial charge in [0.2, 0.25) is 0 Å². The van der Waals surface area contributed by atoms with Gasteiger partial charge >= 0.3 is 0 Å². The van der Waals surface area contributed by atoms with Gasteiger partial charge in [-0.2, -0.15) is 4.68 Å². The third-order valence-electron chi connectivity index (χ3n) is 3.18. The molecule has 0 fully saturated rings. The minimum Gasteiger partial charge on any atom is -0.322 e. The van der Waals surface area contributed by atoms with Crippen molar-refractivity contribution in [3.05, 3.63) is 63.2 Å². The van der Waals surface area contributed by atoms with Crippen LogP contribution in [0.1, 0.15) is 16.2 Å². The summed E-state index contributed by atoms with van der Waals surface area (Å²) in [5, 5.41) is 13.7. The van der Waals surface area contributed by atoms with Gasteiger partial charge in [0.25, 0.3) is 5.91 Å². The summed E-state index contributed by atoms with van der Waals surface area (Å²) in [4.78, 5) is 12.3. The van der Waals surface area contributed by atoms with Gasteiger partial charge in [0.15, 0.2) is 5.82 Å². The van der Waals surface area contributed by atoms with Gasteiger partial charge in [-0.05, 0) is 70.3 Å². The Morgan fingerprint density at radius 1 is 1.26 bits per heavy atom. The van der Waals surface area contributed by atoms with E-state index in [-0.39, 0.29) is 11.6 Å². The van der Waals surface area contributed by atoms with Crippen LogP contribution in [0.4, 0.5) is 10.1 Å². The minimum atomic E-state index is -0.479. The van der Waals surface area contributed by atoms with Crippen LogP contribution in [-0.2, 0) is 0 Å². The predicted molar refractivity (Wildman–Crippen MR) is 91.0 cm³/mol. The maximum absolute atomic E-state index is 14.0. The number of nitrogens with one attached hydrogen (secondary N) is 1. The smallest absolute Gasteiger partial charge is 0.256 e. The van der Waals surface area contributed by atoms with E-state index in [1.807, 2.05) is 12.1 Å². The average Bonchev–Trinajstić information content (AvgIpc) is 2.95. The highest BCUT2D eigenvalue weighted by molar-refractivity contribution is 14.1. The number of amides is 1. The van der Waals surface area contributed by atoms with E-state index >= 15 is 0 Å². The van der Waals surface area contributed by atoms with Crippen LogP contribution in [0.3, 0.4) is 0 Å². The van der Waals surface area contributed by atoms with E-state index in [0.717, 1.165) is 3.57 Å². The second kappa shape index (κ2) is 6.41. The van der Waals surface area contributed by atoms with Crippen LogP contribution in [0.5, 0.6) is 0 Å². The lowest BCUT2D eigenvalue weighted by molar-refractivity contribution is 0.102. The molecule has 0 aliphatic rings. The summed E-state index contributed by atoms with van der Waals surface area (Å²) in [7, 11) is 0. The predicted octanol–water partition coefficient (Wildman–Crippen LogP) is 2.97. The highest BCUT2D eigenvalue weighted by Gasteiger charge is 2.13. The van der Waals surface area contributed by atoms with Crippen molar-refractivity contribution in [2.75, 3.05) is 5.32 Å². The molecule has 3 rings (SSSR count). The molecule has 116 valence electrons. The Morgan fingerprint density at radius 3 is 2.74 bits per heavy atom. The average molecular weight is 423 g/mol. The highest BCUT2D eigenvalue weighted by Crippen LogP contribution is 2.20. The second-order valence-corrected chi connectivity index (χ2v) is 5.90. The van der Waals surface area contributed by atoms with Crippen molar-refractivity contribution in [2.24, 2.45) is 0 Å². The molecule has 0 aliphatic heterocycles. The molecule has 8 heteroatoms. The molecule has 0 unspecified atom stereocenters. The fourth-order valence-corrected chi connectivity index (χ4v) is 2.68. The maximum Gasteiger partial charge on any atom is 0.256 e. The SMILES string of the molecule is Cc1nnnn1-c1cc(NC(=O)c2ccccc2I)ccc1F. The molecule has 0 saturated carbocycles. The standard InChI is InChI=1S/C15H11FIN5O/c1-9-19-20-21-22(9)14-8-10(6-7-12(14)16)18-15(23)11-4-2-3-5-13(11)17/h2-8H,1H3,(H,18,23). The number of aromatic nitrogens is 4. The molecule has 1 N–H and O–H groups in total. The first-order valence-corrected chi connectivity index (χ1v) is 7.75. The molecule has 2 aromatic carbocycles. The quantitative estimate of drug-likeness (QED) is 0.658. The van der Waals surface area contributed by atoms with Crippen LogP contribution in [0.15, 0.2) is 42.5 Å². The highest BCUT2D eigenvalue weighted by atomic mass is 127. The Kier molecular flexibility index (Phi) is 4.33. The summed E-state index contributed by atoms with van der Waals surface area (Å²) < 4.78 is 16.1. The van der Waals surface area contributed by atoms with Gasteiger partial charge in [-0.25, -0.2) is 4.39 Å². The molecule has 0 bridgehead atoms. The van der Waals surface area contributed by atoms with E-state index < -0.39 is 5.82 Å². The molecule has 0 radical (unpaired) electrons. The van der Waals surface area contributed by atoms with Gasteiger partial charge < -0.3 is 5.32 Å². The Balaban J connectivity index is 1.92. The first kappa shape index (κ1) is 15.5. The number of aryl methyl sites for hydroxylation is 1. The monoisotopic (exact) mass is 423 g/mol. The van der Waals surface area contributed by atoms with Gasteiger partial charge in [-0.1, -0.05) is 12.1 Å². The topological polar surface area (TPSA) is 72.7 Å². The van der Waals surface area contributed by atoms with Gasteiger partial charge in [0.05, 0.1) is 5.56 Å². The molecule has 3 aromatic rings. The van der Waals surface area contributed by atoms with E-state index in [2.05, 4.69) is 43.4 Å². The van der Waals surface area contributed by atoms with Crippen molar-refractivity contribution < 1.29 is 9.18 Å².